The Morgan fingerprint density at radius 3 is 2.68 bits per heavy atom. The molecule has 31 heavy (non-hydrogen) atoms. The Morgan fingerprint density at radius 1 is 1.00 bits per heavy atom. The molecule has 4 nitrogen and oxygen atoms in total. The van der Waals surface area contributed by atoms with E-state index in [4.69, 9.17) is 16.3 Å². The van der Waals surface area contributed by atoms with Crippen LogP contribution in [0.2, 0.25) is 5.02 Å². The molecule has 0 unspecified atom stereocenters. The number of amides is 1. The SMILES string of the molecule is O=C1Nc2cc(Cl)ccc2/C1=C\c1cn(CCCOc2ccccc2)c2ccccc12. The molecule has 3 aromatic carbocycles. The summed E-state index contributed by atoms with van der Waals surface area (Å²) in [5.74, 6) is 0.779. The van der Waals surface area contributed by atoms with Crippen molar-refractivity contribution < 1.29 is 9.53 Å². The molecule has 154 valence electrons. The fraction of sp³-hybridized carbons (Fsp3) is 0.115. The highest BCUT2D eigenvalue weighted by Crippen LogP contribution is 2.36. The van der Waals surface area contributed by atoms with Gasteiger partial charge in [0.15, 0.2) is 0 Å². The summed E-state index contributed by atoms with van der Waals surface area (Å²) < 4.78 is 8.06. The van der Waals surface area contributed by atoms with E-state index in [1.54, 1.807) is 6.07 Å². The number of para-hydroxylation sites is 2. The van der Waals surface area contributed by atoms with Gasteiger partial charge in [-0.3, -0.25) is 4.79 Å². The monoisotopic (exact) mass is 428 g/mol. The van der Waals surface area contributed by atoms with Crippen molar-refractivity contribution in [1.29, 1.82) is 0 Å². The summed E-state index contributed by atoms with van der Waals surface area (Å²) in [5.41, 5.74) is 4.45. The van der Waals surface area contributed by atoms with Gasteiger partial charge >= 0.3 is 0 Å². The van der Waals surface area contributed by atoms with Crippen molar-refractivity contribution in [2.75, 3.05) is 11.9 Å². The van der Waals surface area contributed by atoms with Gasteiger partial charge in [-0.1, -0.05) is 54.1 Å². The number of aryl methyl sites for hydroxylation is 1. The van der Waals surface area contributed by atoms with Crippen LogP contribution in [0, 0.1) is 0 Å². The number of nitrogens with one attached hydrogen (secondary N) is 1. The van der Waals surface area contributed by atoms with Crippen molar-refractivity contribution >= 4 is 45.7 Å². The van der Waals surface area contributed by atoms with E-state index in [9.17, 15) is 4.79 Å². The van der Waals surface area contributed by atoms with Crippen LogP contribution in [0.4, 0.5) is 5.69 Å². The first-order chi connectivity index (χ1) is 15.2. The van der Waals surface area contributed by atoms with Gasteiger partial charge in [0.2, 0.25) is 0 Å². The molecule has 1 amide bonds. The number of halogens is 1. The Kier molecular flexibility index (Phi) is 5.23. The van der Waals surface area contributed by atoms with Crippen LogP contribution < -0.4 is 10.1 Å². The van der Waals surface area contributed by atoms with Crippen molar-refractivity contribution in [2.45, 2.75) is 13.0 Å². The van der Waals surface area contributed by atoms with Crippen LogP contribution in [0.25, 0.3) is 22.6 Å². The van der Waals surface area contributed by atoms with E-state index in [-0.39, 0.29) is 5.91 Å². The lowest BCUT2D eigenvalue weighted by atomic mass is 10.0. The van der Waals surface area contributed by atoms with Gasteiger partial charge in [-0.25, -0.2) is 0 Å². The zero-order valence-electron chi connectivity index (χ0n) is 16.8. The van der Waals surface area contributed by atoms with E-state index >= 15 is 0 Å². The summed E-state index contributed by atoms with van der Waals surface area (Å²) in [5, 5.41) is 4.63. The topological polar surface area (TPSA) is 43.3 Å². The summed E-state index contributed by atoms with van der Waals surface area (Å²) in [6, 6.07) is 23.6. The first-order valence-corrected chi connectivity index (χ1v) is 10.7. The third-order valence-electron chi connectivity index (χ3n) is 5.44. The largest absolute Gasteiger partial charge is 0.494 e. The van der Waals surface area contributed by atoms with E-state index in [2.05, 4.69) is 28.2 Å². The lowest BCUT2D eigenvalue weighted by Gasteiger charge is -2.07. The lowest BCUT2D eigenvalue weighted by molar-refractivity contribution is -0.110. The molecule has 1 aliphatic rings. The highest BCUT2D eigenvalue weighted by atomic mass is 35.5. The second-order valence-electron chi connectivity index (χ2n) is 7.51. The van der Waals surface area contributed by atoms with Gasteiger partial charge in [-0.2, -0.15) is 0 Å². The fourth-order valence-electron chi connectivity index (χ4n) is 3.98. The smallest absolute Gasteiger partial charge is 0.256 e. The highest BCUT2D eigenvalue weighted by molar-refractivity contribution is 6.36. The number of hydrogen-bond donors (Lipinski definition) is 1. The molecule has 1 aromatic heterocycles. The number of rotatable bonds is 6. The van der Waals surface area contributed by atoms with Gasteiger partial charge < -0.3 is 14.6 Å². The number of anilines is 1. The van der Waals surface area contributed by atoms with E-state index < -0.39 is 0 Å². The van der Waals surface area contributed by atoms with Crippen LogP contribution >= 0.6 is 11.6 Å². The number of fused-ring (bicyclic) bond motifs is 2. The molecular weight excluding hydrogens is 408 g/mol. The molecule has 1 N–H and O–H groups in total. The van der Waals surface area contributed by atoms with Crippen molar-refractivity contribution in [3.63, 3.8) is 0 Å². The first-order valence-electron chi connectivity index (χ1n) is 10.3. The molecule has 0 saturated heterocycles. The number of carbonyl (C=O) groups excluding carboxylic acids is 1. The highest BCUT2D eigenvalue weighted by Gasteiger charge is 2.24. The third kappa shape index (κ3) is 3.94. The molecule has 0 aliphatic carbocycles. The van der Waals surface area contributed by atoms with E-state index in [0.717, 1.165) is 46.4 Å². The van der Waals surface area contributed by atoms with Gasteiger partial charge in [0.25, 0.3) is 5.91 Å². The van der Waals surface area contributed by atoms with Crippen LogP contribution in [-0.4, -0.2) is 17.1 Å². The zero-order chi connectivity index (χ0) is 21.2. The summed E-state index contributed by atoms with van der Waals surface area (Å²) in [7, 11) is 0. The number of aromatic nitrogens is 1. The maximum Gasteiger partial charge on any atom is 0.256 e. The molecule has 2 heterocycles. The Hall–Kier alpha value is -3.50. The first kappa shape index (κ1) is 19.5. The predicted octanol–water partition coefficient (Wildman–Crippen LogP) is 6.26. The van der Waals surface area contributed by atoms with Crippen LogP contribution in [0.1, 0.15) is 17.5 Å². The van der Waals surface area contributed by atoms with Gasteiger partial charge in [-0.15, -0.1) is 0 Å². The zero-order valence-corrected chi connectivity index (χ0v) is 17.6. The standard InChI is InChI=1S/C26H21ClN2O2/c27-19-11-12-22-23(26(30)28-24(22)16-19)15-18-17-29(25-10-5-4-9-21(18)25)13-6-14-31-20-7-2-1-3-8-20/h1-5,7-12,15-17H,6,13-14H2,(H,28,30)/b23-15+. The van der Waals surface area contributed by atoms with Crippen LogP contribution in [-0.2, 0) is 11.3 Å². The average Bonchev–Trinajstić information content (AvgIpc) is 3.29. The summed E-state index contributed by atoms with van der Waals surface area (Å²) in [4.78, 5) is 12.6. The molecule has 5 heteroatoms. The number of benzene rings is 3. The Morgan fingerprint density at radius 2 is 1.81 bits per heavy atom. The lowest BCUT2D eigenvalue weighted by Crippen LogP contribution is -2.04. The van der Waals surface area contributed by atoms with E-state index in [1.165, 1.54) is 0 Å². The molecule has 1 aliphatic heterocycles. The number of hydrogen-bond acceptors (Lipinski definition) is 2. The molecule has 5 rings (SSSR count). The molecule has 0 radical (unpaired) electrons. The van der Waals surface area contributed by atoms with Crippen molar-refractivity contribution in [3.05, 3.63) is 95.1 Å². The molecule has 0 bridgehead atoms. The second-order valence-corrected chi connectivity index (χ2v) is 7.95. The Bertz CT molecular complexity index is 1290. The van der Waals surface area contributed by atoms with Crippen molar-refractivity contribution in [2.24, 2.45) is 0 Å². The number of ether oxygens (including phenoxy) is 1. The molecule has 0 saturated carbocycles. The van der Waals surface area contributed by atoms with Crippen molar-refractivity contribution in [3.8, 4) is 5.75 Å². The van der Waals surface area contributed by atoms with Gasteiger partial charge in [0.05, 0.1) is 12.3 Å². The average molecular weight is 429 g/mol. The maximum absolute atomic E-state index is 12.6. The van der Waals surface area contributed by atoms with Gasteiger partial charge in [0, 0.05) is 45.4 Å². The second kappa shape index (κ2) is 8.32. The fourth-order valence-corrected chi connectivity index (χ4v) is 4.15. The van der Waals surface area contributed by atoms with Gasteiger partial charge in [-0.05, 0) is 42.8 Å². The van der Waals surface area contributed by atoms with E-state index in [0.29, 0.717) is 17.2 Å². The number of carbonyl (C=O) groups is 1. The third-order valence-corrected chi connectivity index (χ3v) is 5.67. The van der Waals surface area contributed by atoms with Crippen LogP contribution in [0.15, 0.2) is 79.0 Å². The minimum absolute atomic E-state index is 0.106. The quantitative estimate of drug-likeness (QED) is 0.291. The summed E-state index contributed by atoms with van der Waals surface area (Å²) >= 11 is 6.08. The minimum atomic E-state index is -0.106. The molecule has 4 aromatic rings. The summed E-state index contributed by atoms with van der Waals surface area (Å²) in [6.07, 6.45) is 4.96. The normalized spacial score (nSPS) is 14.1. The van der Waals surface area contributed by atoms with Crippen molar-refractivity contribution in [1.82, 2.24) is 4.57 Å². The molecule has 0 fully saturated rings. The Balaban J connectivity index is 1.41. The maximum atomic E-state index is 12.6. The molecule has 0 atom stereocenters. The predicted molar refractivity (Wildman–Crippen MR) is 126 cm³/mol. The molecule has 0 spiro atoms. The number of nitrogens with zero attached hydrogens (tertiary/aromatic N) is 1. The Labute approximate surface area is 185 Å². The minimum Gasteiger partial charge on any atom is -0.494 e. The summed E-state index contributed by atoms with van der Waals surface area (Å²) in [6.45, 7) is 1.47. The van der Waals surface area contributed by atoms with Gasteiger partial charge in [0.1, 0.15) is 5.75 Å². The molecular formula is C26H21ClN2O2. The van der Waals surface area contributed by atoms with E-state index in [1.807, 2.05) is 60.7 Å². The van der Waals surface area contributed by atoms with Crippen LogP contribution in [0.5, 0.6) is 5.75 Å². The van der Waals surface area contributed by atoms with Crippen LogP contribution in [0.3, 0.4) is 0 Å².